The molecular weight excluding hydrogens is 368 g/mol. The number of fused-ring (bicyclic) bond motifs is 1. The van der Waals surface area contributed by atoms with Crippen molar-refractivity contribution in [3.05, 3.63) is 36.0 Å². The first-order valence-corrected chi connectivity index (χ1v) is 12.5. The van der Waals surface area contributed by atoms with Gasteiger partial charge in [-0.1, -0.05) is 65.0 Å². The Balaban J connectivity index is 1.72. The fourth-order valence-corrected chi connectivity index (χ4v) is 6.63. The number of aliphatic hydroxyl groups is 2. The van der Waals surface area contributed by atoms with Crippen LogP contribution in [0, 0.1) is 35.0 Å². The summed E-state index contributed by atoms with van der Waals surface area (Å²) in [6.45, 7) is 16.0. The number of hydrogen-bond donors (Lipinski definition) is 2. The van der Waals surface area contributed by atoms with Gasteiger partial charge in [-0.2, -0.15) is 0 Å². The monoisotopic (exact) mass is 414 g/mol. The van der Waals surface area contributed by atoms with E-state index in [1.807, 2.05) is 0 Å². The predicted octanol–water partition coefficient (Wildman–Crippen LogP) is 6.84. The topological polar surface area (TPSA) is 40.5 Å². The van der Waals surface area contributed by atoms with Crippen molar-refractivity contribution >= 4 is 0 Å². The molecule has 3 fully saturated rings. The van der Waals surface area contributed by atoms with E-state index >= 15 is 0 Å². The predicted molar refractivity (Wildman–Crippen MR) is 127 cm³/mol. The normalized spacial score (nSPS) is 40.9. The molecule has 0 saturated heterocycles. The van der Waals surface area contributed by atoms with Gasteiger partial charge in [-0.3, -0.25) is 0 Å². The molecular formula is C28H46O2. The summed E-state index contributed by atoms with van der Waals surface area (Å²) in [5, 5.41) is 21.2. The largest absolute Gasteiger partial charge is 0.393 e. The Morgan fingerprint density at radius 2 is 1.83 bits per heavy atom. The third kappa shape index (κ3) is 4.80. The van der Waals surface area contributed by atoms with E-state index in [-0.39, 0.29) is 0 Å². The quantitative estimate of drug-likeness (QED) is 0.467. The van der Waals surface area contributed by atoms with Gasteiger partial charge in [0.1, 0.15) is 0 Å². The smallest absolute Gasteiger partial charge is 0.0913 e. The summed E-state index contributed by atoms with van der Waals surface area (Å²) in [5.41, 5.74) is 1.94. The zero-order chi connectivity index (χ0) is 22.1. The molecule has 0 radical (unpaired) electrons. The minimum absolute atomic E-state index is 0.376. The van der Waals surface area contributed by atoms with Gasteiger partial charge in [0, 0.05) is 6.42 Å². The van der Waals surface area contributed by atoms with E-state index in [1.54, 1.807) is 5.57 Å². The zero-order valence-electron chi connectivity index (χ0n) is 20.2. The van der Waals surface area contributed by atoms with E-state index in [0.29, 0.717) is 41.9 Å². The van der Waals surface area contributed by atoms with E-state index in [1.165, 1.54) is 32.1 Å². The van der Waals surface area contributed by atoms with Gasteiger partial charge in [-0.05, 0) is 91.9 Å². The Hall–Kier alpha value is -0.860. The number of hydrogen-bond acceptors (Lipinski definition) is 2. The van der Waals surface area contributed by atoms with E-state index in [0.717, 1.165) is 24.3 Å². The molecule has 2 heteroatoms. The highest BCUT2D eigenvalue weighted by Crippen LogP contribution is 2.59. The molecule has 30 heavy (non-hydrogen) atoms. The summed E-state index contributed by atoms with van der Waals surface area (Å²) in [4.78, 5) is 0. The molecule has 3 rings (SSSR count). The number of aliphatic hydroxyl groups excluding tert-OH is 1. The van der Waals surface area contributed by atoms with E-state index in [9.17, 15) is 10.2 Å². The molecule has 0 spiro atoms. The van der Waals surface area contributed by atoms with Gasteiger partial charge in [0.2, 0.25) is 0 Å². The van der Waals surface area contributed by atoms with Crippen LogP contribution in [0.25, 0.3) is 0 Å². The second-order valence-electron chi connectivity index (χ2n) is 11.5. The molecule has 170 valence electrons. The van der Waals surface area contributed by atoms with Crippen molar-refractivity contribution in [2.24, 2.45) is 35.0 Å². The van der Waals surface area contributed by atoms with Crippen LogP contribution in [0.15, 0.2) is 36.0 Å². The molecule has 3 saturated carbocycles. The molecule has 0 aromatic rings. The summed E-state index contributed by atoms with van der Waals surface area (Å²) in [6, 6.07) is 0. The van der Waals surface area contributed by atoms with Crippen molar-refractivity contribution < 1.29 is 10.2 Å². The molecule has 3 aliphatic rings. The van der Waals surface area contributed by atoms with Crippen molar-refractivity contribution in [2.45, 2.75) is 104 Å². The standard InChI is InChI=1S/C28H46O2/c1-19(2)20(3)9-10-21(4)25-13-14-26-23(8-7-16-27(25,26)6)15-17-28(30)18-24(29)12-11-22(28)5/h9-10,15,19-21,24-26,29-30H,5,7-8,11-14,16-18H2,1-4,6H3/b10-9+,23-15+/t20-,21+,24-,25+,26-,27+,28?/m0/s1. The van der Waals surface area contributed by atoms with Gasteiger partial charge in [-0.25, -0.2) is 0 Å². The first-order chi connectivity index (χ1) is 14.1. The Kier molecular flexibility index (Phi) is 7.40. The van der Waals surface area contributed by atoms with Crippen LogP contribution in [0.1, 0.15) is 92.4 Å². The molecule has 1 unspecified atom stereocenters. The van der Waals surface area contributed by atoms with Gasteiger partial charge in [0.25, 0.3) is 0 Å². The first-order valence-electron chi connectivity index (χ1n) is 12.5. The molecule has 0 bridgehead atoms. The lowest BCUT2D eigenvalue weighted by Gasteiger charge is -2.44. The highest BCUT2D eigenvalue weighted by atomic mass is 16.3. The third-order valence-corrected chi connectivity index (χ3v) is 9.16. The fourth-order valence-electron chi connectivity index (χ4n) is 6.63. The summed E-state index contributed by atoms with van der Waals surface area (Å²) < 4.78 is 0. The van der Waals surface area contributed by atoms with Crippen LogP contribution >= 0.6 is 0 Å². The van der Waals surface area contributed by atoms with Gasteiger partial charge in [-0.15, -0.1) is 0 Å². The molecule has 3 aliphatic carbocycles. The van der Waals surface area contributed by atoms with E-state index in [4.69, 9.17) is 0 Å². The Morgan fingerprint density at radius 3 is 2.53 bits per heavy atom. The van der Waals surface area contributed by atoms with Gasteiger partial charge in [0.15, 0.2) is 0 Å². The first kappa shape index (κ1) is 23.8. The maximum absolute atomic E-state index is 11.1. The maximum Gasteiger partial charge on any atom is 0.0913 e. The van der Waals surface area contributed by atoms with Crippen molar-refractivity contribution in [1.29, 1.82) is 0 Å². The summed E-state index contributed by atoms with van der Waals surface area (Å²) in [6.07, 6.45) is 15.8. The maximum atomic E-state index is 11.1. The lowest BCUT2D eigenvalue weighted by molar-refractivity contribution is -0.00400. The molecule has 2 nitrogen and oxygen atoms in total. The second kappa shape index (κ2) is 9.33. The highest BCUT2D eigenvalue weighted by molar-refractivity contribution is 5.24. The summed E-state index contributed by atoms with van der Waals surface area (Å²) >= 11 is 0. The van der Waals surface area contributed by atoms with E-state index in [2.05, 4.69) is 59.4 Å². The molecule has 2 N–H and O–H groups in total. The summed E-state index contributed by atoms with van der Waals surface area (Å²) in [5.74, 6) is 3.36. The van der Waals surface area contributed by atoms with Crippen LogP contribution in [-0.4, -0.2) is 21.9 Å². The van der Waals surface area contributed by atoms with Crippen molar-refractivity contribution in [2.75, 3.05) is 0 Å². The van der Waals surface area contributed by atoms with Crippen LogP contribution in [0.5, 0.6) is 0 Å². The van der Waals surface area contributed by atoms with Crippen molar-refractivity contribution in [1.82, 2.24) is 0 Å². The molecule has 0 aromatic carbocycles. The average molecular weight is 415 g/mol. The lowest BCUT2D eigenvalue weighted by Crippen LogP contribution is -2.39. The minimum Gasteiger partial charge on any atom is -0.393 e. The van der Waals surface area contributed by atoms with Gasteiger partial charge >= 0.3 is 0 Å². The highest BCUT2D eigenvalue weighted by Gasteiger charge is 2.50. The molecule has 0 aromatic heterocycles. The summed E-state index contributed by atoms with van der Waals surface area (Å²) in [7, 11) is 0. The zero-order valence-corrected chi connectivity index (χ0v) is 20.2. The van der Waals surface area contributed by atoms with Crippen molar-refractivity contribution in [3.63, 3.8) is 0 Å². The minimum atomic E-state index is -0.917. The van der Waals surface area contributed by atoms with E-state index < -0.39 is 11.7 Å². The number of allylic oxidation sites excluding steroid dienone is 3. The molecule has 0 heterocycles. The molecule has 0 aliphatic heterocycles. The molecule has 0 amide bonds. The Bertz CT molecular complexity index is 674. The lowest BCUT2D eigenvalue weighted by atomic mass is 9.61. The Morgan fingerprint density at radius 1 is 1.10 bits per heavy atom. The van der Waals surface area contributed by atoms with Crippen molar-refractivity contribution in [3.8, 4) is 0 Å². The van der Waals surface area contributed by atoms with Crippen LogP contribution in [0.3, 0.4) is 0 Å². The SMILES string of the molecule is C=C1CC[C@H](O)CC1(O)C/C=C1\CCC[C@]2(C)[C@@H]([C@H](C)/C=C/[C@H](C)C(C)C)CC[C@@H]12. The van der Waals surface area contributed by atoms with Crippen LogP contribution in [-0.2, 0) is 0 Å². The second-order valence-corrected chi connectivity index (χ2v) is 11.5. The van der Waals surface area contributed by atoms with Crippen LogP contribution in [0.2, 0.25) is 0 Å². The fraction of sp³-hybridized carbons (Fsp3) is 0.786. The molecule has 7 atom stereocenters. The number of rotatable bonds is 6. The van der Waals surface area contributed by atoms with Gasteiger partial charge in [0.05, 0.1) is 11.7 Å². The Labute approximate surface area is 185 Å². The van der Waals surface area contributed by atoms with Crippen LogP contribution in [0.4, 0.5) is 0 Å². The van der Waals surface area contributed by atoms with Crippen LogP contribution < -0.4 is 0 Å². The van der Waals surface area contributed by atoms with Gasteiger partial charge < -0.3 is 10.2 Å². The third-order valence-electron chi connectivity index (χ3n) is 9.16. The average Bonchev–Trinajstić information content (AvgIpc) is 3.05.